The first-order valence-electron chi connectivity index (χ1n) is 6.58. The van der Waals surface area contributed by atoms with Gasteiger partial charge in [0.15, 0.2) is 8.32 Å². The van der Waals surface area contributed by atoms with Crippen LogP contribution < -0.4 is 0 Å². The van der Waals surface area contributed by atoms with Crippen LogP contribution in [-0.2, 0) is 4.43 Å². The molecule has 0 aromatic rings. The lowest BCUT2D eigenvalue weighted by Gasteiger charge is -2.38. The summed E-state index contributed by atoms with van der Waals surface area (Å²) in [6.07, 6.45) is 7.52. The van der Waals surface area contributed by atoms with Crippen LogP contribution in [0, 0.1) is 0 Å². The minimum absolute atomic E-state index is 0.0204. The second kappa shape index (κ2) is 4.83. The molecular formula is C13H26OSi. The molecule has 0 aromatic carbocycles. The van der Waals surface area contributed by atoms with Gasteiger partial charge in [0.05, 0.1) is 6.10 Å². The van der Waals surface area contributed by atoms with Crippen molar-refractivity contribution >= 4 is 8.32 Å². The standard InChI is InChI=1S/C13H26OSi/c1-13(2,3)15(4,5)14-12-10-8-6-7-9-11-12/h8,10,12H,6-7,9,11H2,1-5H3/t12-/m0/s1/i6D/t6-,12+/m1. The van der Waals surface area contributed by atoms with Crippen molar-refractivity contribution in [1.29, 1.82) is 0 Å². The van der Waals surface area contributed by atoms with Crippen molar-refractivity contribution in [3.63, 3.8) is 0 Å². The zero-order valence-corrected chi connectivity index (χ0v) is 11.8. The number of hydrogen-bond acceptors (Lipinski definition) is 1. The van der Waals surface area contributed by atoms with Gasteiger partial charge in [0.25, 0.3) is 0 Å². The second-order valence-corrected chi connectivity index (χ2v) is 10.7. The van der Waals surface area contributed by atoms with Gasteiger partial charge in [-0.3, -0.25) is 0 Å². The van der Waals surface area contributed by atoms with Gasteiger partial charge in [-0.2, -0.15) is 0 Å². The third-order valence-corrected chi connectivity index (χ3v) is 8.08. The average Bonchev–Trinajstić information content (AvgIpc) is 2.28. The first-order valence-corrected chi connectivity index (χ1v) is 8.91. The Balaban J connectivity index is 2.63. The zero-order chi connectivity index (χ0) is 12.4. The summed E-state index contributed by atoms with van der Waals surface area (Å²) in [5.74, 6) is 0. The van der Waals surface area contributed by atoms with Crippen molar-refractivity contribution in [2.24, 2.45) is 0 Å². The second-order valence-electron chi connectivity index (χ2n) is 5.97. The van der Waals surface area contributed by atoms with Crippen LogP contribution in [-0.4, -0.2) is 14.4 Å². The molecule has 1 nitrogen and oxygen atoms in total. The molecule has 0 saturated carbocycles. The summed E-state index contributed by atoms with van der Waals surface area (Å²) in [4.78, 5) is 0. The molecule has 2 heteroatoms. The van der Waals surface area contributed by atoms with Crippen LogP contribution in [0.4, 0.5) is 0 Å². The summed E-state index contributed by atoms with van der Waals surface area (Å²) in [6.45, 7) is 11.4. The molecule has 0 radical (unpaired) electrons. The van der Waals surface area contributed by atoms with Gasteiger partial charge < -0.3 is 4.43 Å². The number of hydrogen-bond donors (Lipinski definition) is 0. The third kappa shape index (κ3) is 3.76. The van der Waals surface area contributed by atoms with E-state index in [1.54, 1.807) is 0 Å². The summed E-state index contributed by atoms with van der Waals surface area (Å²) < 4.78 is 14.1. The van der Waals surface area contributed by atoms with Crippen LogP contribution >= 0.6 is 0 Å². The number of allylic oxidation sites excluding steroid dienone is 1. The molecule has 0 aliphatic heterocycles. The largest absolute Gasteiger partial charge is 0.411 e. The van der Waals surface area contributed by atoms with E-state index in [9.17, 15) is 0 Å². The average molecular weight is 227 g/mol. The molecule has 88 valence electrons. The van der Waals surface area contributed by atoms with Crippen molar-refractivity contribution in [2.45, 2.75) is 70.7 Å². The van der Waals surface area contributed by atoms with Gasteiger partial charge in [0.2, 0.25) is 0 Å². The SMILES string of the molecule is [2H][C@H]1C=C[C@H](O[Si](C)(C)C(C)(C)C)CCC1. The fourth-order valence-electron chi connectivity index (χ4n) is 1.49. The maximum absolute atomic E-state index is 7.72. The molecule has 0 amide bonds. The van der Waals surface area contributed by atoms with Crippen molar-refractivity contribution in [3.05, 3.63) is 12.2 Å². The summed E-state index contributed by atoms with van der Waals surface area (Å²) in [6, 6.07) is 0. The molecule has 0 N–H and O–H groups in total. The Labute approximate surface area is 97.4 Å². The Morgan fingerprint density at radius 1 is 1.33 bits per heavy atom. The minimum atomic E-state index is -1.65. The van der Waals surface area contributed by atoms with E-state index in [0.717, 1.165) is 19.3 Å². The van der Waals surface area contributed by atoms with E-state index >= 15 is 0 Å². The third-order valence-electron chi connectivity index (χ3n) is 3.57. The van der Waals surface area contributed by atoms with Crippen molar-refractivity contribution in [2.75, 3.05) is 0 Å². The Morgan fingerprint density at radius 2 is 2.00 bits per heavy atom. The molecule has 0 aromatic heterocycles. The predicted molar refractivity (Wildman–Crippen MR) is 69.7 cm³/mol. The molecule has 0 heterocycles. The lowest BCUT2D eigenvalue weighted by Crippen LogP contribution is -2.43. The van der Waals surface area contributed by atoms with Gasteiger partial charge >= 0.3 is 0 Å². The van der Waals surface area contributed by atoms with E-state index in [-0.39, 0.29) is 17.5 Å². The monoisotopic (exact) mass is 227 g/mol. The van der Waals surface area contributed by atoms with E-state index < -0.39 is 8.32 Å². The van der Waals surface area contributed by atoms with Gasteiger partial charge in [-0.1, -0.05) is 39.3 Å². The van der Waals surface area contributed by atoms with E-state index in [1.165, 1.54) is 0 Å². The molecule has 15 heavy (non-hydrogen) atoms. The number of rotatable bonds is 2. The highest BCUT2D eigenvalue weighted by atomic mass is 28.4. The summed E-state index contributed by atoms with van der Waals surface area (Å²) in [5, 5.41) is 0.271. The van der Waals surface area contributed by atoms with E-state index in [2.05, 4.69) is 39.9 Å². The molecular weight excluding hydrogens is 200 g/mol. The molecule has 1 rings (SSSR count). The van der Waals surface area contributed by atoms with Gasteiger partial charge in [-0.15, -0.1) is 0 Å². The van der Waals surface area contributed by atoms with Crippen LogP contribution in [0.15, 0.2) is 12.2 Å². The fraction of sp³-hybridized carbons (Fsp3) is 0.846. The van der Waals surface area contributed by atoms with Gasteiger partial charge in [-0.25, -0.2) is 0 Å². The van der Waals surface area contributed by atoms with Crippen LogP contribution in [0.25, 0.3) is 0 Å². The normalized spacial score (nSPS) is 29.8. The van der Waals surface area contributed by atoms with E-state index in [1.807, 2.05) is 6.08 Å². The van der Waals surface area contributed by atoms with Gasteiger partial charge in [-0.05, 0) is 37.4 Å². The molecule has 1 aliphatic carbocycles. The Hall–Kier alpha value is -0.0831. The highest BCUT2D eigenvalue weighted by molar-refractivity contribution is 6.74. The first-order chi connectivity index (χ1) is 7.22. The Morgan fingerprint density at radius 3 is 2.60 bits per heavy atom. The maximum Gasteiger partial charge on any atom is 0.192 e. The van der Waals surface area contributed by atoms with Crippen LogP contribution in [0.1, 0.15) is 47.8 Å². The Kier molecular flexibility index (Phi) is 3.67. The van der Waals surface area contributed by atoms with Gasteiger partial charge in [0, 0.05) is 1.37 Å². The van der Waals surface area contributed by atoms with Crippen LogP contribution in [0.3, 0.4) is 0 Å². The predicted octanol–water partition coefficient (Wildman–Crippen LogP) is 4.51. The minimum Gasteiger partial charge on any atom is -0.411 e. The van der Waals surface area contributed by atoms with E-state index in [0.29, 0.717) is 0 Å². The zero-order valence-electron chi connectivity index (χ0n) is 11.8. The smallest absolute Gasteiger partial charge is 0.192 e. The topological polar surface area (TPSA) is 9.23 Å². The van der Waals surface area contributed by atoms with Crippen molar-refractivity contribution in [1.82, 2.24) is 0 Å². The molecule has 0 unspecified atom stereocenters. The summed E-state index contributed by atoms with van der Waals surface area (Å²) in [5.41, 5.74) is 0. The molecule has 0 fully saturated rings. The quantitative estimate of drug-likeness (QED) is 0.498. The van der Waals surface area contributed by atoms with Crippen molar-refractivity contribution < 1.29 is 5.80 Å². The lowest BCUT2D eigenvalue weighted by atomic mass is 10.2. The first kappa shape index (κ1) is 11.4. The Bertz CT molecular complexity index is 255. The summed E-state index contributed by atoms with van der Waals surface area (Å²) in [7, 11) is -1.65. The molecule has 0 saturated heterocycles. The van der Waals surface area contributed by atoms with Gasteiger partial charge in [0.1, 0.15) is 0 Å². The summed E-state index contributed by atoms with van der Waals surface area (Å²) >= 11 is 0. The van der Waals surface area contributed by atoms with Crippen LogP contribution in [0.2, 0.25) is 18.1 Å². The highest BCUT2D eigenvalue weighted by Gasteiger charge is 2.38. The molecule has 2 atom stereocenters. The lowest BCUT2D eigenvalue weighted by molar-refractivity contribution is 0.213. The van der Waals surface area contributed by atoms with Crippen molar-refractivity contribution in [3.8, 4) is 0 Å². The van der Waals surface area contributed by atoms with Crippen LogP contribution in [0.5, 0.6) is 0 Å². The molecule has 0 bridgehead atoms. The maximum atomic E-state index is 7.72. The van der Waals surface area contributed by atoms with E-state index in [4.69, 9.17) is 5.80 Å². The fourth-order valence-corrected chi connectivity index (χ4v) is 2.79. The molecule has 0 spiro atoms. The highest BCUT2D eigenvalue weighted by Crippen LogP contribution is 2.38. The molecule has 1 aliphatic rings.